The molecule has 1 aromatic heterocycles. The van der Waals surface area contributed by atoms with Crippen molar-refractivity contribution < 1.29 is 9.53 Å². The molecule has 0 fully saturated rings. The van der Waals surface area contributed by atoms with Gasteiger partial charge in [-0.25, -0.2) is 0 Å². The number of carbonyl (C=O) groups is 1. The first-order valence-corrected chi connectivity index (χ1v) is 4.19. The molecule has 0 unspecified atom stereocenters. The van der Waals surface area contributed by atoms with Gasteiger partial charge in [0.2, 0.25) is 0 Å². The van der Waals surface area contributed by atoms with Crippen molar-refractivity contribution >= 4 is 5.78 Å². The topological polar surface area (TPSA) is 39.2 Å². The number of rotatable bonds is 4. The third kappa shape index (κ3) is 2.95. The van der Waals surface area contributed by atoms with Gasteiger partial charge in [0.15, 0.2) is 5.78 Å². The Kier molecular flexibility index (Phi) is 3.58. The average molecular weight is 179 g/mol. The van der Waals surface area contributed by atoms with Crippen LogP contribution in [0.25, 0.3) is 0 Å². The van der Waals surface area contributed by atoms with E-state index >= 15 is 0 Å². The summed E-state index contributed by atoms with van der Waals surface area (Å²) in [6.07, 6.45) is 2.02. The number of pyridine rings is 1. The summed E-state index contributed by atoms with van der Waals surface area (Å²) in [7, 11) is 1.58. The van der Waals surface area contributed by atoms with Gasteiger partial charge in [-0.15, -0.1) is 0 Å². The van der Waals surface area contributed by atoms with Crippen molar-refractivity contribution in [2.24, 2.45) is 0 Å². The highest BCUT2D eigenvalue weighted by molar-refractivity contribution is 5.95. The van der Waals surface area contributed by atoms with E-state index in [0.29, 0.717) is 18.6 Å². The number of ether oxygens (including phenoxy) is 1. The normalized spacial score (nSPS) is 10.0. The van der Waals surface area contributed by atoms with Gasteiger partial charge in [0, 0.05) is 31.0 Å². The molecule has 0 saturated carbocycles. The van der Waals surface area contributed by atoms with E-state index in [0.717, 1.165) is 5.69 Å². The van der Waals surface area contributed by atoms with E-state index in [9.17, 15) is 4.79 Å². The van der Waals surface area contributed by atoms with E-state index in [1.165, 1.54) is 0 Å². The monoisotopic (exact) mass is 179 g/mol. The van der Waals surface area contributed by atoms with E-state index < -0.39 is 0 Å². The summed E-state index contributed by atoms with van der Waals surface area (Å²) < 4.78 is 4.82. The van der Waals surface area contributed by atoms with Gasteiger partial charge in [-0.1, -0.05) is 0 Å². The molecule has 0 N–H and O–H groups in total. The van der Waals surface area contributed by atoms with E-state index in [-0.39, 0.29) is 5.78 Å². The third-order valence-electron chi connectivity index (χ3n) is 1.77. The minimum atomic E-state index is 0.0781. The summed E-state index contributed by atoms with van der Waals surface area (Å²) in [4.78, 5) is 15.4. The Morgan fingerprint density at radius 1 is 1.54 bits per heavy atom. The minimum absolute atomic E-state index is 0.0781. The largest absolute Gasteiger partial charge is 0.384 e. The van der Waals surface area contributed by atoms with Crippen LogP contribution in [0.5, 0.6) is 0 Å². The number of hydrogen-bond donors (Lipinski definition) is 0. The molecule has 0 aliphatic heterocycles. The van der Waals surface area contributed by atoms with Crippen LogP contribution in [0.2, 0.25) is 0 Å². The van der Waals surface area contributed by atoms with Gasteiger partial charge in [-0.2, -0.15) is 0 Å². The van der Waals surface area contributed by atoms with Crippen LogP contribution in [-0.4, -0.2) is 24.5 Å². The fraction of sp³-hybridized carbons (Fsp3) is 0.400. The first-order valence-electron chi connectivity index (χ1n) is 4.19. The molecular weight excluding hydrogens is 166 g/mol. The van der Waals surface area contributed by atoms with E-state index in [1.54, 1.807) is 19.4 Å². The van der Waals surface area contributed by atoms with Gasteiger partial charge in [0.05, 0.1) is 6.61 Å². The molecule has 1 rings (SSSR count). The summed E-state index contributed by atoms with van der Waals surface area (Å²) in [5, 5.41) is 0. The third-order valence-corrected chi connectivity index (χ3v) is 1.77. The SMILES string of the molecule is COCCC(=O)c1ccc(C)nc1. The van der Waals surface area contributed by atoms with Gasteiger partial charge in [0.25, 0.3) is 0 Å². The van der Waals surface area contributed by atoms with E-state index in [4.69, 9.17) is 4.74 Å². The maximum atomic E-state index is 11.4. The second-order valence-corrected chi connectivity index (χ2v) is 2.85. The van der Waals surface area contributed by atoms with Gasteiger partial charge in [-0.3, -0.25) is 9.78 Å². The summed E-state index contributed by atoms with van der Waals surface area (Å²) in [5.41, 5.74) is 1.57. The molecule has 0 amide bonds. The Morgan fingerprint density at radius 2 is 2.31 bits per heavy atom. The van der Waals surface area contributed by atoms with Gasteiger partial charge in [0.1, 0.15) is 0 Å². The standard InChI is InChI=1S/C10H13NO2/c1-8-3-4-9(7-11-8)10(12)5-6-13-2/h3-4,7H,5-6H2,1-2H3. The van der Waals surface area contributed by atoms with E-state index in [1.807, 2.05) is 13.0 Å². The summed E-state index contributed by atoms with van der Waals surface area (Å²) in [5.74, 6) is 0.0781. The summed E-state index contributed by atoms with van der Waals surface area (Å²) >= 11 is 0. The minimum Gasteiger partial charge on any atom is -0.384 e. The summed E-state index contributed by atoms with van der Waals surface area (Å²) in [6.45, 7) is 2.36. The molecule has 1 heterocycles. The second kappa shape index (κ2) is 4.72. The van der Waals surface area contributed by atoms with Crippen LogP contribution < -0.4 is 0 Å². The number of aryl methyl sites for hydroxylation is 1. The lowest BCUT2D eigenvalue weighted by atomic mass is 10.1. The fourth-order valence-electron chi connectivity index (χ4n) is 0.972. The Hall–Kier alpha value is -1.22. The smallest absolute Gasteiger partial charge is 0.166 e. The van der Waals surface area contributed by atoms with Crippen molar-refractivity contribution in [1.29, 1.82) is 0 Å². The molecule has 1 aromatic rings. The van der Waals surface area contributed by atoms with Crippen molar-refractivity contribution in [2.45, 2.75) is 13.3 Å². The molecule has 0 aliphatic rings. The fourth-order valence-corrected chi connectivity index (χ4v) is 0.972. The molecule has 0 aromatic carbocycles. The zero-order chi connectivity index (χ0) is 9.68. The van der Waals surface area contributed by atoms with Gasteiger partial charge in [-0.05, 0) is 19.1 Å². The van der Waals surface area contributed by atoms with Crippen molar-refractivity contribution in [2.75, 3.05) is 13.7 Å². The molecule has 3 nitrogen and oxygen atoms in total. The van der Waals surface area contributed by atoms with Crippen molar-refractivity contribution in [3.8, 4) is 0 Å². The van der Waals surface area contributed by atoms with Gasteiger partial charge >= 0.3 is 0 Å². The first-order chi connectivity index (χ1) is 6.24. The van der Waals surface area contributed by atoms with E-state index in [2.05, 4.69) is 4.98 Å². The molecule has 0 aliphatic carbocycles. The predicted molar refractivity (Wildman–Crippen MR) is 49.8 cm³/mol. The van der Waals surface area contributed by atoms with Crippen molar-refractivity contribution in [1.82, 2.24) is 4.98 Å². The number of methoxy groups -OCH3 is 1. The highest BCUT2D eigenvalue weighted by Gasteiger charge is 2.04. The highest BCUT2D eigenvalue weighted by Crippen LogP contribution is 2.02. The van der Waals surface area contributed by atoms with Crippen LogP contribution in [0.1, 0.15) is 22.5 Å². The molecule has 13 heavy (non-hydrogen) atoms. The highest BCUT2D eigenvalue weighted by atomic mass is 16.5. The molecule has 0 spiro atoms. The number of carbonyl (C=O) groups excluding carboxylic acids is 1. The molecule has 0 atom stereocenters. The summed E-state index contributed by atoms with van der Waals surface area (Å²) in [6, 6.07) is 3.63. The second-order valence-electron chi connectivity index (χ2n) is 2.85. The van der Waals surface area contributed by atoms with Crippen LogP contribution in [0.4, 0.5) is 0 Å². The zero-order valence-corrected chi connectivity index (χ0v) is 7.91. The zero-order valence-electron chi connectivity index (χ0n) is 7.91. The number of ketones is 1. The quantitative estimate of drug-likeness (QED) is 0.659. The average Bonchev–Trinajstić information content (AvgIpc) is 2.15. The molecule has 0 radical (unpaired) electrons. The Morgan fingerprint density at radius 3 is 2.85 bits per heavy atom. The Bertz CT molecular complexity index is 279. The van der Waals surface area contributed by atoms with Crippen LogP contribution >= 0.6 is 0 Å². The predicted octanol–water partition coefficient (Wildman–Crippen LogP) is 1.61. The number of aromatic nitrogens is 1. The lowest BCUT2D eigenvalue weighted by Crippen LogP contribution is -2.03. The first kappa shape index (κ1) is 9.86. The lowest BCUT2D eigenvalue weighted by Gasteiger charge is -1.99. The number of hydrogen-bond acceptors (Lipinski definition) is 3. The van der Waals surface area contributed by atoms with Crippen LogP contribution in [0.15, 0.2) is 18.3 Å². The molecule has 3 heteroatoms. The Balaban J connectivity index is 2.61. The maximum Gasteiger partial charge on any atom is 0.166 e. The number of nitrogens with zero attached hydrogens (tertiary/aromatic N) is 1. The molecule has 0 saturated heterocycles. The van der Waals surface area contributed by atoms with Crippen LogP contribution in [0.3, 0.4) is 0 Å². The lowest BCUT2D eigenvalue weighted by molar-refractivity contribution is 0.0932. The van der Waals surface area contributed by atoms with Gasteiger partial charge < -0.3 is 4.74 Å². The maximum absolute atomic E-state index is 11.4. The molecule has 0 bridgehead atoms. The molecule has 70 valence electrons. The van der Waals surface area contributed by atoms with Crippen LogP contribution in [0, 0.1) is 6.92 Å². The Labute approximate surface area is 77.8 Å². The molecular formula is C10H13NO2. The van der Waals surface area contributed by atoms with Crippen molar-refractivity contribution in [3.63, 3.8) is 0 Å². The van der Waals surface area contributed by atoms with Crippen molar-refractivity contribution in [3.05, 3.63) is 29.6 Å². The van der Waals surface area contributed by atoms with Crippen LogP contribution in [-0.2, 0) is 4.74 Å². The number of Topliss-reactive ketones (excluding diaryl/α,β-unsaturated/α-hetero) is 1.